The molecule has 0 aromatic heterocycles. The zero-order valence-electron chi connectivity index (χ0n) is 8.79. The van der Waals surface area contributed by atoms with Crippen LogP contribution < -0.4 is 5.73 Å². The molecule has 2 unspecified atom stereocenters. The molecule has 0 amide bonds. The van der Waals surface area contributed by atoms with Crippen molar-refractivity contribution in [3.8, 4) is 0 Å². The third-order valence-corrected chi connectivity index (χ3v) is 2.51. The van der Waals surface area contributed by atoms with Crippen molar-refractivity contribution in [1.29, 1.82) is 0 Å². The largest absolute Gasteiger partial charge is 0.396 e. The Labute approximate surface area is 81.0 Å². The maximum atomic E-state index is 9.90. The Morgan fingerprint density at radius 2 is 2.00 bits per heavy atom. The van der Waals surface area contributed by atoms with Crippen LogP contribution in [0.2, 0.25) is 0 Å². The Balaban J connectivity index is 3.80. The van der Waals surface area contributed by atoms with E-state index in [1.54, 1.807) is 6.92 Å². The predicted molar refractivity (Wildman–Crippen MR) is 54.4 cm³/mol. The van der Waals surface area contributed by atoms with E-state index in [1.807, 2.05) is 0 Å². The second kappa shape index (κ2) is 6.35. The van der Waals surface area contributed by atoms with E-state index in [0.29, 0.717) is 12.8 Å². The summed E-state index contributed by atoms with van der Waals surface area (Å²) in [6, 6.07) is -0.168. The first-order valence-electron chi connectivity index (χ1n) is 5.13. The van der Waals surface area contributed by atoms with E-state index in [4.69, 9.17) is 10.8 Å². The average Bonchev–Trinajstić information content (AvgIpc) is 2.10. The second-order valence-electron chi connectivity index (χ2n) is 3.93. The molecule has 3 nitrogen and oxygen atoms in total. The summed E-state index contributed by atoms with van der Waals surface area (Å²) in [5, 5.41) is 18.5. The highest BCUT2D eigenvalue weighted by molar-refractivity contribution is 4.84. The normalized spacial score (nSPS) is 18.2. The Morgan fingerprint density at radius 3 is 2.46 bits per heavy atom. The first-order valence-corrected chi connectivity index (χ1v) is 5.13. The fourth-order valence-corrected chi connectivity index (χ4v) is 1.36. The number of rotatable bonds is 7. The maximum absolute atomic E-state index is 9.90. The molecule has 0 fully saturated rings. The Kier molecular flexibility index (Phi) is 6.29. The van der Waals surface area contributed by atoms with Crippen LogP contribution in [0.4, 0.5) is 0 Å². The van der Waals surface area contributed by atoms with Crippen molar-refractivity contribution in [3.63, 3.8) is 0 Å². The minimum Gasteiger partial charge on any atom is -0.396 e. The highest BCUT2D eigenvalue weighted by atomic mass is 16.3. The topological polar surface area (TPSA) is 66.5 Å². The number of nitrogens with two attached hydrogens (primary N) is 1. The summed E-state index contributed by atoms with van der Waals surface area (Å²) in [5.74, 6) is 0. The molecule has 80 valence electrons. The van der Waals surface area contributed by atoms with E-state index < -0.39 is 5.60 Å². The molecule has 2 atom stereocenters. The van der Waals surface area contributed by atoms with Gasteiger partial charge in [-0.3, -0.25) is 0 Å². The summed E-state index contributed by atoms with van der Waals surface area (Å²) in [4.78, 5) is 0. The molecule has 0 saturated heterocycles. The molecule has 0 radical (unpaired) electrons. The number of hydrogen-bond donors (Lipinski definition) is 3. The van der Waals surface area contributed by atoms with Crippen molar-refractivity contribution in [3.05, 3.63) is 0 Å². The lowest BCUT2D eigenvalue weighted by molar-refractivity contribution is 0.0151. The summed E-state index contributed by atoms with van der Waals surface area (Å²) in [6.45, 7) is 3.98. The molecule has 0 aliphatic carbocycles. The molecule has 0 rings (SSSR count). The van der Waals surface area contributed by atoms with Crippen molar-refractivity contribution in [2.24, 2.45) is 5.73 Å². The van der Waals surface area contributed by atoms with E-state index in [0.717, 1.165) is 19.3 Å². The van der Waals surface area contributed by atoms with Crippen molar-refractivity contribution in [2.45, 2.75) is 57.6 Å². The van der Waals surface area contributed by atoms with Gasteiger partial charge in [0.15, 0.2) is 0 Å². The minimum absolute atomic E-state index is 0.122. The molecule has 0 aromatic rings. The number of hydrogen-bond acceptors (Lipinski definition) is 3. The lowest BCUT2D eigenvalue weighted by Gasteiger charge is -2.30. The Morgan fingerprint density at radius 1 is 1.38 bits per heavy atom. The highest BCUT2D eigenvalue weighted by Crippen LogP contribution is 2.19. The molecule has 0 spiro atoms. The van der Waals surface area contributed by atoms with E-state index >= 15 is 0 Å². The van der Waals surface area contributed by atoms with Gasteiger partial charge in [-0.15, -0.1) is 0 Å². The van der Waals surface area contributed by atoms with Crippen LogP contribution in [0.1, 0.15) is 46.0 Å². The van der Waals surface area contributed by atoms with Crippen LogP contribution in [0.25, 0.3) is 0 Å². The van der Waals surface area contributed by atoms with Crippen LogP contribution in [0.15, 0.2) is 0 Å². The molecular formula is C10H23NO2. The average molecular weight is 189 g/mol. The van der Waals surface area contributed by atoms with Gasteiger partial charge >= 0.3 is 0 Å². The molecule has 0 aliphatic heterocycles. The van der Waals surface area contributed by atoms with Crippen molar-refractivity contribution >= 4 is 0 Å². The van der Waals surface area contributed by atoms with E-state index in [1.165, 1.54) is 0 Å². The first kappa shape index (κ1) is 12.9. The van der Waals surface area contributed by atoms with Gasteiger partial charge in [-0.05, 0) is 26.2 Å². The summed E-state index contributed by atoms with van der Waals surface area (Å²) in [6.07, 6.45) is 4.20. The smallest absolute Gasteiger partial charge is 0.0770 e. The van der Waals surface area contributed by atoms with Crippen LogP contribution in [0.5, 0.6) is 0 Å². The lowest BCUT2D eigenvalue weighted by Crippen LogP contribution is -2.45. The zero-order valence-corrected chi connectivity index (χ0v) is 8.79. The van der Waals surface area contributed by atoms with E-state index in [-0.39, 0.29) is 12.6 Å². The van der Waals surface area contributed by atoms with Gasteiger partial charge in [0, 0.05) is 12.6 Å². The second-order valence-corrected chi connectivity index (χ2v) is 3.93. The third-order valence-electron chi connectivity index (χ3n) is 2.51. The van der Waals surface area contributed by atoms with Crippen LogP contribution in [-0.2, 0) is 0 Å². The number of unbranched alkanes of at least 4 members (excludes halogenated alkanes) is 1. The molecule has 3 heteroatoms. The van der Waals surface area contributed by atoms with Crippen LogP contribution in [-0.4, -0.2) is 28.5 Å². The Bertz CT molecular complexity index is 126. The molecular weight excluding hydrogens is 166 g/mol. The van der Waals surface area contributed by atoms with Crippen molar-refractivity contribution < 1.29 is 10.2 Å². The van der Waals surface area contributed by atoms with E-state index in [2.05, 4.69) is 6.92 Å². The number of aliphatic hydroxyl groups excluding tert-OH is 1. The van der Waals surface area contributed by atoms with E-state index in [9.17, 15) is 5.11 Å². The monoisotopic (exact) mass is 189 g/mol. The molecule has 0 aliphatic rings. The van der Waals surface area contributed by atoms with Gasteiger partial charge in [-0.1, -0.05) is 19.8 Å². The fourth-order valence-electron chi connectivity index (χ4n) is 1.36. The molecule has 0 saturated carbocycles. The van der Waals surface area contributed by atoms with Crippen molar-refractivity contribution in [2.75, 3.05) is 6.61 Å². The first-order chi connectivity index (χ1) is 6.04. The highest BCUT2D eigenvalue weighted by Gasteiger charge is 2.27. The van der Waals surface area contributed by atoms with Gasteiger partial charge in [-0.2, -0.15) is 0 Å². The molecule has 0 bridgehead atoms. The Hall–Kier alpha value is -0.120. The van der Waals surface area contributed by atoms with Gasteiger partial charge in [0.05, 0.1) is 5.60 Å². The summed E-state index contributed by atoms with van der Waals surface area (Å²) < 4.78 is 0. The lowest BCUT2D eigenvalue weighted by atomic mass is 9.89. The predicted octanol–water partition coefficient (Wildman–Crippen LogP) is 1.03. The van der Waals surface area contributed by atoms with Crippen LogP contribution in [0, 0.1) is 0 Å². The maximum Gasteiger partial charge on any atom is 0.0770 e. The fraction of sp³-hybridized carbons (Fsp3) is 1.00. The van der Waals surface area contributed by atoms with Gasteiger partial charge in [0.25, 0.3) is 0 Å². The third kappa shape index (κ3) is 5.24. The zero-order chi connectivity index (χ0) is 10.3. The number of aliphatic hydroxyl groups is 2. The minimum atomic E-state index is -0.822. The summed E-state index contributed by atoms with van der Waals surface area (Å²) >= 11 is 0. The standard InChI is InChI=1S/C10H23NO2/c1-3-4-6-9(11)10(2,13)7-5-8-12/h9,12-13H,3-8,11H2,1-2H3. The van der Waals surface area contributed by atoms with Gasteiger partial charge in [0.1, 0.15) is 0 Å². The summed E-state index contributed by atoms with van der Waals surface area (Å²) in [5.41, 5.74) is 5.03. The SMILES string of the molecule is CCCCC(N)C(C)(O)CCCO. The van der Waals surface area contributed by atoms with Gasteiger partial charge in [0.2, 0.25) is 0 Å². The molecule has 0 heterocycles. The van der Waals surface area contributed by atoms with Gasteiger partial charge < -0.3 is 15.9 Å². The molecule has 13 heavy (non-hydrogen) atoms. The summed E-state index contributed by atoms with van der Waals surface area (Å²) in [7, 11) is 0. The molecule has 4 N–H and O–H groups in total. The molecule has 0 aromatic carbocycles. The van der Waals surface area contributed by atoms with Crippen LogP contribution in [0.3, 0.4) is 0 Å². The van der Waals surface area contributed by atoms with Crippen molar-refractivity contribution in [1.82, 2.24) is 0 Å². The van der Waals surface area contributed by atoms with Crippen LogP contribution >= 0.6 is 0 Å². The van der Waals surface area contributed by atoms with Gasteiger partial charge in [-0.25, -0.2) is 0 Å². The quantitative estimate of drug-likeness (QED) is 0.560.